The number of nitrogens with zero attached hydrogens (tertiary/aromatic N) is 1. The van der Waals surface area contributed by atoms with Gasteiger partial charge in [-0.15, -0.1) is 6.42 Å². The van der Waals surface area contributed by atoms with E-state index in [2.05, 4.69) is 11.2 Å². The van der Waals surface area contributed by atoms with Crippen LogP contribution in [-0.4, -0.2) is 37.0 Å². The summed E-state index contributed by atoms with van der Waals surface area (Å²) in [4.78, 5) is 13.0. The number of nitrogens with one attached hydrogen (secondary N) is 1. The van der Waals surface area contributed by atoms with Gasteiger partial charge in [0.2, 0.25) is 5.91 Å². The maximum atomic E-state index is 11.2. The minimum Gasteiger partial charge on any atom is -0.352 e. The molecule has 1 saturated carbocycles. The Morgan fingerprint density at radius 3 is 2.92 bits per heavy atom. The van der Waals surface area contributed by atoms with E-state index < -0.39 is 0 Å². The van der Waals surface area contributed by atoms with Crippen LogP contribution in [0.1, 0.15) is 12.8 Å². The summed E-state index contributed by atoms with van der Waals surface area (Å²) in [6.07, 6.45) is 7.35. The molecule has 3 heteroatoms. The SMILES string of the molecule is C#CCN(C)CC(=O)NC1CC1. The lowest BCUT2D eigenvalue weighted by Gasteiger charge is -2.12. The van der Waals surface area contributed by atoms with Crippen molar-refractivity contribution >= 4 is 5.91 Å². The van der Waals surface area contributed by atoms with Gasteiger partial charge in [-0.2, -0.15) is 0 Å². The van der Waals surface area contributed by atoms with E-state index in [1.807, 2.05) is 11.9 Å². The molecule has 0 atom stereocenters. The van der Waals surface area contributed by atoms with Gasteiger partial charge in [0.05, 0.1) is 13.1 Å². The van der Waals surface area contributed by atoms with Crippen molar-refractivity contribution in [3.05, 3.63) is 0 Å². The Labute approximate surface area is 73.1 Å². The van der Waals surface area contributed by atoms with Gasteiger partial charge in [0.15, 0.2) is 0 Å². The highest BCUT2D eigenvalue weighted by Crippen LogP contribution is 2.18. The highest BCUT2D eigenvalue weighted by atomic mass is 16.2. The third kappa shape index (κ3) is 3.40. The molecule has 1 rings (SSSR count). The Hall–Kier alpha value is -1.01. The molecule has 0 heterocycles. The zero-order valence-corrected chi connectivity index (χ0v) is 7.34. The first-order valence-electron chi connectivity index (χ1n) is 4.13. The van der Waals surface area contributed by atoms with Gasteiger partial charge in [-0.25, -0.2) is 0 Å². The fourth-order valence-corrected chi connectivity index (χ4v) is 0.958. The Balaban J connectivity index is 2.11. The Morgan fingerprint density at radius 1 is 1.75 bits per heavy atom. The highest BCUT2D eigenvalue weighted by molar-refractivity contribution is 5.78. The molecule has 12 heavy (non-hydrogen) atoms. The molecule has 0 aliphatic heterocycles. The lowest BCUT2D eigenvalue weighted by Crippen LogP contribution is -2.36. The molecule has 0 aromatic rings. The van der Waals surface area contributed by atoms with Gasteiger partial charge in [0, 0.05) is 6.04 Å². The first-order valence-corrected chi connectivity index (χ1v) is 4.13. The molecular formula is C9H14N2O. The topological polar surface area (TPSA) is 32.3 Å². The van der Waals surface area contributed by atoms with Crippen molar-refractivity contribution in [2.24, 2.45) is 0 Å². The number of hydrogen-bond acceptors (Lipinski definition) is 2. The second-order valence-electron chi connectivity index (χ2n) is 3.22. The van der Waals surface area contributed by atoms with Gasteiger partial charge in [-0.05, 0) is 19.9 Å². The van der Waals surface area contributed by atoms with Crippen molar-refractivity contribution in [3.8, 4) is 12.3 Å². The van der Waals surface area contributed by atoms with Crippen LogP contribution >= 0.6 is 0 Å². The van der Waals surface area contributed by atoms with Crippen LogP contribution in [0.4, 0.5) is 0 Å². The number of amides is 1. The summed E-state index contributed by atoms with van der Waals surface area (Å²) in [6.45, 7) is 0.929. The number of terminal acetylenes is 1. The van der Waals surface area contributed by atoms with Crippen molar-refractivity contribution < 1.29 is 4.79 Å². The van der Waals surface area contributed by atoms with Crippen LogP contribution in [0.5, 0.6) is 0 Å². The van der Waals surface area contributed by atoms with Crippen LogP contribution in [-0.2, 0) is 4.79 Å². The van der Waals surface area contributed by atoms with Gasteiger partial charge in [-0.3, -0.25) is 9.69 Å². The molecule has 66 valence electrons. The number of carbonyl (C=O) groups excluding carboxylic acids is 1. The van der Waals surface area contributed by atoms with E-state index in [1.54, 1.807) is 0 Å². The fourth-order valence-electron chi connectivity index (χ4n) is 0.958. The zero-order chi connectivity index (χ0) is 8.97. The summed E-state index contributed by atoms with van der Waals surface area (Å²) in [6, 6.07) is 0.441. The van der Waals surface area contributed by atoms with Crippen LogP contribution in [0.25, 0.3) is 0 Å². The molecule has 0 aromatic heterocycles. The van der Waals surface area contributed by atoms with Crippen molar-refractivity contribution in [1.82, 2.24) is 10.2 Å². The summed E-state index contributed by atoms with van der Waals surface area (Å²) in [5.41, 5.74) is 0. The number of carbonyl (C=O) groups is 1. The fraction of sp³-hybridized carbons (Fsp3) is 0.667. The molecule has 0 aromatic carbocycles. The average Bonchev–Trinajstić information content (AvgIpc) is 2.71. The predicted octanol–water partition coefficient (Wildman–Crippen LogP) is -0.170. The molecular weight excluding hydrogens is 152 g/mol. The maximum Gasteiger partial charge on any atom is 0.234 e. The normalized spacial score (nSPS) is 15.8. The van der Waals surface area contributed by atoms with E-state index in [0.29, 0.717) is 19.1 Å². The summed E-state index contributed by atoms with van der Waals surface area (Å²) in [7, 11) is 1.84. The summed E-state index contributed by atoms with van der Waals surface area (Å²) in [5.74, 6) is 2.57. The second kappa shape index (κ2) is 4.13. The third-order valence-corrected chi connectivity index (χ3v) is 1.72. The maximum absolute atomic E-state index is 11.2. The molecule has 1 aliphatic rings. The first-order chi connectivity index (χ1) is 5.72. The second-order valence-corrected chi connectivity index (χ2v) is 3.22. The lowest BCUT2D eigenvalue weighted by atomic mass is 10.5. The number of likely N-dealkylation sites (N-methyl/N-ethyl adjacent to an activating group) is 1. The largest absolute Gasteiger partial charge is 0.352 e. The molecule has 1 amide bonds. The molecule has 0 saturated heterocycles. The first kappa shape index (κ1) is 9.08. The quantitative estimate of drug-likeness (QED) is 0.588. The van der Waals surface area contributed by atoms with E-state index in [-0.39, 0.29) is 5.91 Å². The summed E-state index contributed by atoms with van der Waals surface area (Å²) in [5, 5.41) is 2.89. The average molecular weight is 166 g/mol. The highest BCUT2D eigenvalue weighted by Gasteiger charge is 2.23. The lowest BCUT2D eigenvalue weighted by molar-refractivity contribution is -0.121. The van der Waals surface area contributed by atoms with Crippen molar-refractivity contribution in [1.29, 1.82) is 0 Å². The number of hydrogen-bond donors (Lipinski definition) is 1. The van der Waals surface area contributed by atoms with E-state index in [1.165, 1.54) is 0 Å². The Kier molecular flexibility index (Phi) is 3.12. The predicted molar refractivity (Wildman–Crippen MR) is 47.5 cm³/mol. The molecule has 3 nitrogen and oxygen atoms in total. The van der Waals surface area contributed by atoms with Crippen molar-refractivity contribution in [2.75, 3.05) is 20.1 Å². The van der Waals surface area contributed by atoms with Gasteiger partial charge >= 0.3 is 0 Å². The van der Waals surface area contributed by atoms with Crippen LogP contribution in [0, 0.1) is 12.3 Å². The third-order valence-electron chi connectivity index (χ3n) is 1.72. The molecule has 0 bridgehead atoms. The summed E-state index contributed by atoms with van der Waals surface area (Å²) < 4.78 is 0. The van der Waals surface area contributed by atoms with Crippen molar-refractivity contribution in [2.45, 2.75) is 18.9 Å². The van der Waals surface area contributed by atoms with Crippen LogP contribution in [0.15, 0.2) is 0 Å². The standard InChI is InChI=1S/C9H14N2O/c1-3-6-11(2)7-9(12)10-8-4-5-8/h1,8H,4-7H2,2H3,(H,10,12). The molecule has 1 N–H and O–H groups in total. The van der Waals surface area contributed by atoms with Crippen LogP contribution in [0.2, 0.25) is 0 Å². The Bertz CT molecular complexity index is 203. The number of rotatable bonds is 4. The van der Waals surface area contributed by atoms with E-state index in [4.69, 9.17) is 6.42 Å². The smallest absolute Gasteiger partial charge is 0.234 e. The van der Waals surface area contributed by atoms with Gasteiger partial charge in [-0.1, -0.05) is 5.92 Å². The Morgan fingerprint density at radius 2 is 2.42 bits per heavy atom. The minimum absolute atomic E-state index is 0.0789. The molecule has 1 aliphatic carbocycles. The van der Waals surface area contributed by atoms with Gasteiger partial charge in [0.1, 0.15) is 0 Å². The van der Waals surface area contributed by atoms with E-state index >= 15 is 0 Å². The van der Waals surface area contributed by atoms with E-state index in [0.717, 1.165) is 12.8 Å². The van der Waals surface area contributed by atoms with Gasteiger partial charge < -0.3 is 5.32 Å². The zero-order valence-electron chi connectivity index (χ0n) is 7.34. The molecule has 0 radical (unpaired) electrons. The van der Waals surface area contributed by atoms with Gasteiger partial charge in [0.25, 0.3) is 0 Å². The monoisotopic (exact) mass is 166 g/mol. The van der Waals surface area contributed by atoms with Crippen LogP contribution < -0.4 is 5.32 Å². The van der Waals surface area contributed by atoms with Crippen molar-refractivity contribution in [3.63, 3.8) is 0 Å². The molecule has 1 fully saturated rings. The minimum atomic E-state index is 0.0789. The molecule has 0 spiro atoms. The van der Waals surface area contributed by atoms with E-state index in [9.17, 15) is 4.79 Å². The molecule has 0 unspecified atom stereocenters. The summed E-state index contributed by atoms with van der Waals surface area (Å²) >= 11 is 0. The van der Waals surface area contributed by atoms with Crippen LogP contribution in [0.3, 0.4) is 0 Å².